The Balaban J connectivity index is 1.23. The number of fused-ring (bicyclic) bond motifs is 1. The Kier molecular flexibility index (Phi) is 6.04. The molecular weight excluding hydrogens is 394 g/mol. The summed E-state index contributed by atoms with van der Waals surface area (Å²) < 4.78 is 2.18. The molecule has 0 unspecified atom stereocenters. The van der Waals surface area contributed by atoms with Crippen molar-refractivity contribution in [2.24, 2.45) is 0 Å². The SMILES string of the molecule is O=C(CCn1ccc2ccccc21)N1CCN(C(c2ccccc2)c2ccccc2)CC1. The highest BCUT2D eigenvalue weighted by molar-refractivity contribution is 5.80. The van der Waals surface area contributed by atoms with E-state index in [4.69, 9.17) is 0 Å². The third kappa shape index (κ3) is 4.32. The molecule has 3 aromatic carbocycles. The summed E-state index contributed by atoms with van der Waals surface area (Å²) in [6, 6.07) is 32.1. The van der Waals surface area contributed by atoms with Gasteiger partial charge in [0, 0.05) is 50.9 Å². The van der Waals surface area contributed by atoms with Crippen LogP contribution in [0.4, 0.5) is 0 Å². The maximum atomic E-state index is 12.9. The summed E-state index contributed by atoms with van der Waals surface area (Å²) >= 11 is 0. The number of para-hydroxylation sites is 1. The van der Waals surface area contributed by atoms with Crippen molar-refractivity contribution >= 4 is 16.8 Å². The van der Waals surface area contributed by atoms with Crippen LogP contribution in [-0.2, 0) is 11.3 Å². The predicted octanol–water partition coefficient (Wildman–Crippen LogP) is 4.97. The zero-order valence-electron chi connectivity index (χ0n) is 18.3. The molecule has 32 heavy (non-hydrogen) atoms. The fourth-order valence-electron chi connectivity index (χ4n) is 4.82. The van der Waals surface area contributed by atoms with Crippen LogP contribution in [0.15, 0.2) is 97.2 Å². The molecule has 0 saturated carbocycles. The average molecular weight is 424 g/mol. The van der Waals surface area contributed by atoms with E-state index in [1.54, 1.807) is 0 Å². The Morgan fingerprint density at radius 2 is 1.31 bits per heavy atom. The molecule has 4 aromatic rings. The first kappa shape index (κ1) is 20.5. The van der Waals surface area contributed by atoms with Crippen molar-refractivity contribution in [3.63, 3.8) is 0 Å². The number of benzene rings is 3. The number of carbonyl (C=O) groups excluding carboxylic acids is 1. The fourth-order valence-corrected chi connectivity index (χ4v) is 4.82. The molecule has 1 fully saturated rings. The molecule has 0 N–H and O–H groups in total. The van der Waals surface area contributed by atoms with E-state index in [1.807, 2.05) is 4.90 Å². The number of amides is 1. The molecule has 0 radical (unpaired) electrons. The van der Waals surface area contributed by atoms with E-state index in [2.05, 4.69) is 107 Å². The van der Waals surface area contributed by atoms with Gasteiger partial charge in [-0.2, -0.15) is 0 Å². The molecule has 0 atom stereocenters. The Labute approximate surface area is 189 Å². The van der Waals surface area contributed by atoms with Gasteiger partial charge in [-0.3, -0.25) is 9.69 Å². The van der Waals surface area contributed by atoms with E-state index in [0.717, 1.165) is 32.7 Å². The first-order chi connectivity index (χ1) is 15.8. The largest absolute Gasteiger partial charge is 0.347 e. The van der Waals surface area contributed by atoms with E-state index in [-0.39, 0.29) is 11.9 Å². The van der Waals surface area contributed by atoms with Crippen LogP contribution >= 0.6 is 0 Å². The van der Waals surface area contributed by atoms with Crippen LogP contribution in [0, 0.1) is 0 Å². The lowest BCUT2D eigenvalue weighted by molar-refractivity contribution is -0.133. The van der Waals surface area contributed by atoms with E-state index in [0.29, 0.717) is 6.42 Å². The molecule has 1 saturated heterocycles. The summed E-state index contributed by atoms with van der Waals surface area (Å²) in [6.45, 7) is 4.05. The summed E-state index contributed by atoms with van der Waals surface area (Å²) in [4.78, 5) is 17.5. The Morgan fingerprint density at radius 3 is 1.97 bits per heavy atom. The average Bonchev–Trinajstić information content (AvgIpc) is 3.28. The second-order valence-corrected chi connectivity index (χ2v) is 8.46. The molecule has 0 spiro atoms. The molecule has 1 aliphatic heterocycles. The van der Waals surface area contributed by atoms with Crippen molar-refractivity contribution < 1.29 is 4.79 Å². The van der Waals surface area contributed by atoms with Gasteiger partial charge in [-0.25, -0.2) is 0 Å². The zero-order valence-corrected chi connectivity index (χ0v) is 18.3. The van der Waals surface area contributed by atoms with Crippen LogP contribution in [0.2, 0.25) is 0 Å². The second-order valence-electron chi connectivity index (χ2n) is 8.46. The molecular formula is C28H29N3O. The van der Waals surface area contributed by atoms with Gasteiger partial charge in [-0.15, -0.1) is 0 Å². The van der Waals surface area contributed by atoms with E-state index in [9.17, 15) is 4.79 Å². The van der Waals surface area contributed by atoms with Crippen molar-refractivity contribution in [1.82, 2.24) is 14.4 Å². The minimum absolute atomic E-state index is 0.223. The summed E-state index contributed by atoms with van der Waals surface area (Å²) in [5.41, 5.74) is 3.80. The van der Waals surface area contributed by atoms with Crippen LogP contribution in [0.25, 0.3) is 10.9 Å². The minimum Gasteiger partial charge on any atom is -0.347 e. The summed E-state index contributed by atoms with van der Waals surface area (Å²) in [5, 5.41) is 1.22. The molecule has 0 aliphatic carbocycles. The summed E-state index contributed by atoms with van der Waals surface area (Å²) in [7, 11) is 0. The smallest absolute Gasteiger partial charge is 0.224 e. The van der Waals surface area contributed by atoms with Gasteiger partial charge in [0.2, 0.25) is 5.91 Å². The van der Waals surface area contributed by atoms with Crippen molar-refractivity contribution in [2.75, 3.05) is 26.2 Å². The van der Waals surface area contributed by atoms with Gasteiger partial charge in [0.25, 0.3) is 0 Å². The lowest BCUT2D eigenvalue weighted by Gasteiger charge is -2.40. The normalized spacial score (nSPS) is 14.8. The van der Waals surface area contributed by atoms with Crippen LogP contribution in [0.3, 0.4) is 0 Å². The molecule has 4 nitrogen and oxygen atoms in total. The first-order valence-electron chi connectivity index (χ1n) is 11.5. The molecule has 0 bridgehead atoms. The fraction of sp³-hybridized carbons (Fsp3) is 0.250. The Hall–Kier alpha value is -3.37. The summed E-state index contributed by atoms with van der Waals surface area (Å²) in [6.07, 6.45) is 2.62. The molecule has 2 heterocycles. The minimum atomic E-state index is 0.223. The van der Waals surface area contributed by atoms with Gasteiger partial charge in [-0.05, 0) is 28.6 Å². The van der Waals surface area contributed by atoms with Gasteiger partial charge in [0.15, 0.2) is 0 Å². The molecule has 162 valence electrons. The van der Waals surface area contributed by atoms with Crippen LogP contribution in [0.5, 0.6) is 0 Å². The van der Waals surface area contributed by atoms with Crippen LogP contribution in [0.1, 0.15) is 23.6 Å². The Morgan fingerprint density at radius 1 is 0.719 bits per heavy atom. The topological polar surface area (TPSA) is 28.5 Å². The van der Waals surface area contributed by atoms with E-state index >= 15 is 0 Å². The Bertz CT molecular complexity index is 1120. The quantitative estimate of drug-likeness (QED) is 0.438. The van der Waals surface area contributed by atoms with Crippen LogP contribution in [-0.4, -0.2) is 46.5 Å². The standard InChI is InChI=1S/C28H29N3O/c32-27(16-18-29-17-15-23-9-7-8-14-26(23)29)30-19-21-31(22-20-30)28(24-10-3-1-4-11-24)25-12-5-2-6-13-25/h1-15,17,28H,16,18-22H2. The highest BCUT2D eigenvalue weighted by Gasteiger charge is 2.27. The third-order valence-corrected chi connectivity index (χ3v) is 6.51. The highest BCUT2D eigenvalue weighted by atomic mass is 16.2. The van der Waals surface area contributed by atoms with Gasteiger partial charge in [-0.1, -0.05) is 78.9 Å². The molecule has 1 aromatic heterocycles. The van der Waals surface area contributed by atoms with Crippen molar-refractivity contribution in [2.45, 2.75) is 19.0 Å². The van der Waals surface area contributed by atoms with E-state index in [1.165, 1.54) is 22.0 Å². The van der Waals surface area contributed by atoms with Crippen molar-refractivity contribution in [3.8, 4) is 0 Å². The number of aromatic nitrogens is 1. The predicted molar refractivity (Wildman–Crippen MR) is 129 cm³/mol. The maximum absolute atomic E-state index is 12.9. The van der Waals surface area contributed by atoms with Gasteiger partial charge >= 0.3 is 0 Å². The van der Waals surface area contributed by atoms with E-state index < -0.39 is 0 Å². The lowest BCUT2D eigenvalue weighted by Crippen LogP contribution is -2.50. The molecule has 1 aliphatic rings. The van der Waals surface area contributed by atoms with Gasteiger partial charge < -0.3 is 9.47 Å². The number of nitrogens with zero attached hydrogens (tertiary/aromatic N) is 3. The molecule has 5 rings (SSSR count). The van der Waals surface area contributed by atoms with Crippen molar-refractivity contribution in [1.29, 1.82) is 0 Å². The maximum Gasteiger partial charge on any atom is 0.224 e. The number of hydrogen-bond acceptors (Lipinski definition) is 2. The monoisotopic (exact) mass is 423 g/mol. The number of carbonyl (C=O) groups is 1. The summed E-state index contributed by atoms with van der Waals surface area (Å²) in [5.74, 6) is 0.249. The number of hydrogen-bond donors (Lipinski definition) is 0. The zero-order chi connectivity index (χ0) is 21.8. The second kappa shape index (κ2) is 9.41. The number of aryl methyl sites for hydroxylation is 1. The molecule has 1 amide bonds. The van der Waals surface area contributed by atoms with Crippen molar-refractivity contribution in [3.05, 3.63) is 108 Å². The lowest BCUT2D eigenvalue weighted by atomic mass is 9.96. The van der Waals surface area contributed by atoms with Crippen LogP contribution < -0.4 is 0 Å². The highest BCUT2D eigenvalue weighted by Crippen LogP contribution is 2.29. The van der Waals surface area contributed by atoms with Gasteiger partial charge in [0.05, 0.1) is 6.04 Å². The third-order valence-electron chi connectivity index (χ3n) is 6.51. The van der Waals surface area contributed by atoms with Gasteiger partial charge in [0.1, 0.15) is 0 Å². The first-order valence-corrected chi connectivity index (χ1v) is 11.5. The molecule has 4 heteroatoms. The number of rotatable bonds is 6. The number of piperazine rings is 1.